The molecule has 0 amide bonds. The number of hydrogen-bond acceptors (Lipinski definition) is 2. The molecule has 1 fully saturated rings. The molecule has 1 rings (SSSR count). The molecular formula is C10H20BrNO. The number of rotatable bonds is 4. The minimum absolute atomic E-state index is 0.317. The van der Waals surface area contributed by atoms with Gasteiger partial charge in [-0.25, -0.2) is 0 Å². The Bertz CT molecular complexity index is 161. The fourth-order valence-electron chi connectivity index (χ4n) is 1.90. The molecule has 0 bridgehead atoms. The summed E-state index contributed by atoms with van der Waals surface area (Å²) in [5.74, 6) is 0. The largest absolute Gasteiger partial charge is 0.395 e. The van der Waals surface area contributed by atoms with Crippen molar-refractivity contribution in [2.24, 2.45) is 5.41 Å². The first-order chi connectivity index (χ1) is 6.09. The van der Waals surface area contributed by atoms with Crippen molar-refractivity contribution in [1.82, 2.24) is 4.90 Å². The molecule has 0 radical (unpaired) electrons. The van der Waals surface area contributed by atoms with Crippen LogP contribution in [0, 0.1) is 5.41 Å². The van der Waals surface area contributed by atoms with Crippen molar-refractivity contribution in [2.45, 2.75) is 32.7 Å². The maximum absolute atomic E-state index is 9.15. The van der Waals surface area contributed by atoms with E-state index in [1.807, 2.05) is 0 Å². The minimum atomic E-state index is 0.317. The number of aliphatic hydroxyl groups is 1. The van der Waals surface area contributed by atoms with Crippen molar-refractivity contribution in [1.29, 1.82) is 0 Å². The van der Waals surface area contributed by atoms with Gasteiger partial charge in [-0.05, 0) is 24.8 Å². The van der Waals surface area contributed by atoms with Gasteiger partial charge in [0.05, 0.1) is 6.61 Å². The van der Waals surface area contributed by atoms with E-state index in [-0.39, 0.29) is 0 Å². The van der Waals surface area contributed by atoms with Gasteiger partial charge in [-0.3, -0.25) is 4.90 Å². The van der Waals surface area contributed by atoms with Crippen molar-refractivity contribution in [3.8, 4) is 0 Å². The lowest BCUT2D eigenvalue weighted by molar-refractivity contribution is 0.126. The SMILES string of the molecule is CC(C)(CBr)CN1CCCC1CO. The first-order valence-electron chi connectivity index (χ1n) is 5.00. The summed E-state index contributed by atoms with van der Waals surface area (Å²) in [7, 11) is 0. The Balaban J connectivity index is 2.43. The van der Waals surface area contributed by atoms with Crippen LogP contribution in [0.25, 0.3) is 0 Å². The highest BCUT2D eigenvalue weighted by atomic mass is 79.9. The molecule has 1 atom stereocenters. The summed E-state index contributed by atoms with van der Waals surface area (Å²) in [5, 5.41) is 10.2. The van der Waals surface area contributed by atoms with Crippen molar-refractivity contribution < 1.29 is 5.11 Å². The van der Waals surface area contributed by atoms with E-state index in [1.54, 1.807) is 0 Å². The molecule has 1 saturated heterocycles. The molecule has 3 heteroatoms. The number of aliphatic hydroxyl groups excluding tert-OH is 1. The minimum Gasteiger partial charge on any atom is -0.395 e. The zero-order chi connectivity index (χ0) is 9.90. The molecule has 0 aromatic carbocycles. The van der Waals surface area contributed by atoms with E-state index in [0.29, 0.717) is 18.1 Å². The van der Waals surface area contributed by atoms with Crippen molar-refractivity contribution >= 4 is 15.9 Å². The number of alkyl halides is 1. The molecule has 1 N–H and O–H groups in total. The molecular weight excluding hydrogens is 230 g/mol. The Morgan fingerprint density at radius 3 is 2.77 bits per heavy atom. The quantitative estimate of drug-likeness (QED) is 0.770. The zero-order valence-corrected chi connectivity index (χ0v) is 10.2. The number of halogens is 1. The second-order valence-electron chi connectivity index (χ2n) is 4.75. The third-order valence-corrected chi connectivity index (χ3v) is 4.22. The van der Waals surface area contributed by atoms with Crippen LogP contribution in [0.3, 0.4) is 0 Å². The molecule has 1 aliphatic heterocycles. The second-order valence-corrected chi connectivity index (χ2v) is 5.31. The van der Waals surface area contributed by atoms with Crippen molar-refractivity contribution in [3.63, 3.8) is 0 Å². The zero-order valence-electron chi connectivity index (χ0n) is 8.59. The van der Waals surface area contributed by atoms with Gasteiger partial charge in [0.15, 0.2) is 0 Å². The van der Waals surface area contributed by atoms with E-state index in [0.717, 1.165) is 24.8 Å². The van der Waals surface area contributed by atoms with Gasteiger partial charge in [-0.1, -0.05) is 29.8 Å². The predicted octanol–water partition coefficient (Wildman–Crippen LogP) is 1.86. The molecule has 0 spiro atoms. The highest BCUT2D eigenvalue weighted by Gasteiger charge is 2.28. The predicted molar refractivity (Wildman–Crippen MR) is 59.3 cm³/mol. The van der Waals surface area contributed by atoms with Gasteiger partial charge in [-0.15, -0.1) is 0 Å². The van der Waals surface area contributed by atoms with Gasteiger partial charge in [0.25, 0.3) is 0 Å². The van der Waals surface area contributed by atoms with E-state index in [9.17, 15) is 0 Å². The first kappa shape index (κ1) is 11.5. The second kappa shape index (κ2) is 4.76. The fourth-order valence-corrected chi connectivity index (χ4v) is 2.08. The van der Waals surface area contributed by atoms with Crippen LogP contribution in [0.4, 0.5) is 0 Å². The van der Waals surface area contributed by atoms with E-state index in [4.69, 9.17) is 5.11 Å². The molecule has 0 aliphatic carbocycles. The topological polar surface area (TPSA) is 23.5 Å². The lowest BCUT2D eigenvalue weighted by Crippen LogP contribution is -2.40. The summed E-state index contributed by atoms with van der Waals surface area (Å²) < 4.78 is 0. The van der Waals surface area contributed by atoms with Crippen LogP contribution in [0.5, 0.6) is 0 Å². The highest BCUT2D eigenvalue weighted by molar-refractivity contribution is 9.09. The fraction of sp³-hybridized carbons (Fsp3) is 1.00. The van der Waals surface area contributed by atoms with Gasteiger partial charge < -0.3 is 5.11 Å². The van der Waals surface area contributed by atoms with Gasteiger partial charge >= 0.3 is 0 Å². The summed E-state index contributed by atoms with van der Waals surface area (Å²) in [6, 6.07) is 0.415. The Morgan fingerprint density at radius 2 is 2.23 bits per heavy atom. The Hall–Kier alpha value is 0.400. The molecule has 78 valence electrons. The lowest BCUT2D eigenvalue weighted by Gasteiger charge is -2.31. The van der Waals surface area contributed by atoms with Gasteiger partial charge in [0.2, 0.25) is 0 Å². The molecule has 1 aliphatic rings. The summed E-state index contributed by atoms with van der Waals surface area (Å²) in [6.07, 6.45) is 2.40. The summed E-state index contributed by atoms with van der Waals surface area (Å²) in [6.45, 7) is 7.08. The molecule has 0 saturated carbocycles. The maximum Gasteiger partial charge on any atom is 0.0586 e. The summed E-state index contributed by atoms with van der Waals surface area (Å²) in [4.78, 5) is 2.42. The van der Waals surface area contributed by atoms with Crippen LogP contribution in [-0.4, -0.2) is 41.1 Å². The van der Waals surface area contributed by atoms with E-state index in [2.05, 4.69) is 34.7 Å². The van der Waals surface area contributed by atoms with E-state index < -0.39 is 0 Å². The Labute approximate surface area is 89.4 Å². The molecule has 0 aromatic rings. The summed E-state index contributed by atoms with van der Waals surface area (Å²) >= 11 is 3.53. The third-order valence-electron chi connectivity index (χ3n) is 2.70. The molecule has 0 aromatic heterocycles. The molecule has 13 heavy (non-hydrogen) atoms. The van der Waals surface area contributed by atoms with Crippen molar-refractivity contribution in [2.75, 3.05) is 25.0 Å². The maximum atomic E-state index is 9.15. The Morgan fingerprint density at radius 1 is 1.54 bits per heavy atom. The summed E-state index contributed by atoms with van der Waals surface area (Å²) in [5.41, 5.74) is 0.317. The third kappa shape index (κ3) is 3.22. The van der Waals surface area contributed by atoms with Gasteiger partial charge in [-0.2, -0.15) is 0 Å². The number of likely N-dealkylation sites (tertiary alicyclic amines) is 1. The lowest BCUT2D eigenvalue weighted by atomic mass is 9.95. The molecule has 1 unspecified atom stereocenters. The smallest absolute Gasteiger partial charge is 0.0586 e. The Kier molecular flexibility index (Phi) is 4.20. The highest BCUT2D eigenvalue weighted by Crippen LogP contribution is 2.25. The van der Waals surface area contributed by atoms with Crippen LogP contribution < -0.4 is 0 Å². The average Bonchev–Trinajstić information content (AvgIpc) is 2.51. The number of nitrogens with zero attached hydrogens (tertiary/aromatic N) is 1. The van der Waals surface area contributed by atoms with E-state index in [1.165, 1.54) is 6.42 Å². The number of hydrogen-bond donors (Lipinski definition) is 1. The van der Waals surface area contributed by atoms with E-state index >= 15 is 0 Å². The van der Waals surface area contributed by atoms with Crippen LogP contribution in [-0.2, 0) is 0 Å². The first-order valence-corrected chi connectivity index (χ1v) is 6.12. The van der Waals surface area contributed by atoms with Gasteiger partial charge in [0, 0.05) is 17.9 Å². The standard InChI is InChI=1S/C10H20BrNO/c1-10(2,7-11)8-12-5-3-4-9(12)6-13/h9,13H,3-8H2,1-2H3. The van der Waals surface area contributed by atoms with Crippen LogP contribution in [0.2, 0.25) is 0 Å². The van der Waals surface area contributed by atoms with Crippen LogP contribution in [0.15, 0.2) is 0 Å². The van der Waals surface area contributed by atoms with Crippen LogP contribution in [0.1, 0.15) is 26.7 Å². The van der Waals surface area contributed by atoms with Gasteiger partial charge in [0.1, 0.15) is 0 Å². The van der Waals surface area contributed by atoms with Crippen LogP contribution >= 0.6 is 15.9 Å². The average molecular weight is 250 g/mol. The normalized spacial score (nSPS) is 25.4. The monoisotopic (exact) mass is 249 g/mol. The molecule has 2 nitrogen and oxygen atoms in total. The molecule has 1 heterocycles. The van der Waals surface area contributed by atoms with Crippen molar-refractivity contribution in [3.05, 3.63) is 0 Å².